The van der Waals surface area contributed by atoms with Gasteiger partial charge in [-0.05, 0) is 69.7 Å². The molecule has 2 heterocycles. The molecule has 35 heavy (non-hydrogen) atoms. The minimum atomic E-state index is -2.81. The molecule has 0 aliphatic rings. The van der Waals surface area contributed by atoms with Crippen LogP contribution in [0.15, 0.2) is 36.4 Å². The number of benzene rings is 1. The van der Waals surface area contributed by atoms with Crippen molar-refractivity contribution in [3.63, 3.8) is 0 Å². The molecule has 0 radical (unpaired) electrons. The summed E-state index contributed by atoms with van der Waals surface area (Å²) in [5, 5.41) is 2.56. The van der Waals surface area contributed by atoms with Gasteiger partial charge >= 0.3 is 6.09 Å². The number of alkyl halides is 2. The Morgan fingerprint density at radius 2 is 1.77 bits per heavy atom. The van der Waals surface area contributed by atoms with Gasteiger partial charge in [0.15, 0.2) is 0 Å². The van der Waals surface area contributed by atoms with Crippen molar-refractivity contribution in [3.8, 4) is 28.3 Å². The number of pyridine rings is 1. The second kappa shape index (κ2) is 10.6. The summed E-state index contributed by atoms with van der Waals surface area (Å²) in [4.78, 5) is 24.2. The minimum Gasteiger partial charge on any atom is -0.475 e. The van der Waals surface area contributed by atoms with Crippen molar-refractivity contribution in [3.05, 3.63) is 53.6 Å². The van der Waals surface area contributed by atoms with Crippen LogP contribution in [0.2, 0.25) is 0 Å². The van der Waals surface area contributed by atoms with Crippen molar-refractivity contribution in [2.75, 3.05) is 18.9 Å². The molecule has 8 nitrogen and oxygen atoms in total. The second-order valence-electron chi connectivity index (χ2n) is 8.62. The van der Waals surface area contributed by atoms with Crippen LogP contribution in [-0.2, 0) is 4.74 Å². The molecule has 3 N–H and O–H groups in total. The van der Waals surface area contributed by atoms with Crippen molar-refractivity contribution in [2.24, 2.45) is 0 Å². The van der Waals surface area contributed by atoms with Crippen molar-refractivity contribution in [2.45, 2.75) is 39.7 Å². The van der Waals surface area contributed by atoms with Gasteiger partial charge in [0.1, 0.15) is 23.7 Å². The number of nitrogen functional groups attached to an aromatic ring is 1. The summed E-state index contributed by atoms with van der Waals surface area (Å²) in [6, 6.07) is 8.24. The summed E-state index contributed by atoms with van der Waals surface area (Å²) in [5.74, 6) is -0.585. The molecule has 0 fully saturated rings. The highest BCUT2D eigenvalue weighted by Crippen LogP contribution is 2.39. The third kappa shape index (κ3) is 7.05. The van der Waals surface area contributed by atoms with E-state index in [1.54, 1.807) is 33.8 Å². The number of anilines is 1. The van der Waals surface area contributed by atoms with Gasteiger partial charge < -0.3 is 20.5 Å². The van der Waals surface area contributed by atoms with Crippen LogP contribution in [0.5, 0.6) is 5.88 Å². The van der Waals surface area contributed by atoms with Gasteiger partial charge in [0.25, 0.3) is 6.43 Å². The van der Waals surface area contributed by atoms with Crippen LogP contribution in [-0.4, -0.2) is 39.8 Å². The fourth-order valence-corrected chi connectivity index (χ4v) is 3.20. The maximum absolute atomic E-state index is 13.5. The Hall–Kier alpha value is -3.89. The highest BCUT2D eigenvalue weighted by atomic mass is 19.3. The van der Waals surface area contributed by atoms with Crippen LogP contribution < -0.4 is 15.8 Å². The third-order valence-corrected chi connectivity index (χ3v) is 4.51. The Bertz CT molecular complexity index is 1200. The molecule has 0 unspecified atom stereocenters. The number of carbonyl (C=O) groups is 1. The Morgan fingerprint density at radius 3 is 2.40 bits per heavy atom. The number of nitrogens with two attached hydrogens (primary N) is 1. The summed E-state index contributed by atoms with van der Waals surface area (Å²) in [7, 11) is 0. The lowest BCUT2D eigenvalue weighted by Crippen LogP contribution is -2.34. The van der Waals surface area contributed by atoms with E-state index in [4.69, 9.17) is 15.2 Å². The van der Waals surface area contributed by atoms with Gasteiger partial charge in [-0.15, -0.1) is 0 Å². The number of rotatable bonds is 7. The molecule has 186 valence electrons. The first-order valence-corrected chi connectivity index (χ1v) is 10.7. The Balaban J connectivity index is 2.00. The number of hydrogen-bond acceptors (Lipinski definition) is 7. The number of nitrogens with zero attached hydrogens (tertiary/aromatic N) is 3. The fourth-order valence-electron chi connectivity index (χ4n) is 3.20. The molecule has 0 saturated carbocycles. The van der Waals surface area contributed by atoms with Crippen molar-refractivity contribution in [1.82, 2.24) is 20.3 Å². The van der Waals surface area contributed by atoms with Crippen LogP contribution in [0, 0.1) is 12.7 Å². The van der Waals surface area contributed by atoms with Crippen LogP contribution in [0.4, 0.5) is 23.9 Å². The zero-order valence-electron chi connectivity index (χ0n) is 19.7. The lowest BCUT2D eigenvalue weighted by atomic mass is 9.99. The quantitative estimate of drug-likeness (QED) is 0.445. The molecule has 1 amide bonds. The molecular formula is C24H26F3N5O3. The molecule has 0 bridgehead atoms. The predicted octanol–water partition coefficient (Wildman–Crippen LogP) is 5.08. The zero-order chi connectivity index (χ0) is 25.8. The maximum Gasteiger partial charge on any atom is 0.407 e. The topological polar surface area (TPSA) is 112 Å². The van der Waals surface area contributed by atoms with E-state index in [1.165, 1.54) is 30.3 Å². The molecule has 0 spiro atoms. The van der Waals surface area contributed by atoms with Gasteiger partial charge in [-0.3, -0.25) is 4.98 Å². The fraction of sp³-hybridized carbons (Fsp3) is 0.333. The Labute approximate surface area is 200 Å². The van der Waals surface area contributed by atoms with Crippen LogP contribution >= 0.6 is 0 Å². The Morgan fingerprint density at radius 1 is 1.09 bits per heavy atom. The SMILES string of the molecule is Cc1cc(-c2c(OCCNC(=O)OC(C)(C)C)nc(N)nc2-c2ccc(F)cc2)cc(C(F)F)n1. The van der Waals surface area contributed by atoms with Crippen molar-refractivity contribution >= 4 is 12.0 Å². The van der Waals surface area contributed by atoms with Gasteiger partial charge in [0, 0.05) is 11.3 Å². The molecule has 0 aliphatic heterocycles. The molecule has 0 saturated heterocycles. The smallest absolute Gasteiger partial charge is 0.407 e. The van der Waals surface area contributed by atoms with Crippen molar-refractivity contribution < 1.29 is 27.4 Å². The molecule has 11 heteroatoms. The van der Waals surface area contributed by atoms with Gasteiger partial charge in [-0.2, -0.15) is 4.98 Å². The highest BCUT2D eigenvalue weighted by Gasteiger charge is 2.22. The lowest BCUT2D eigenvalue weighted by Gasteiger charge is -2.20. The summed E-state index contributed by atoms with van der Waals surface area (Å²) < 4.78 is 51.5. The predicted molar refractivity (Wildman–Crippen MR) is 124 cm³/mol. The number of aromatic nitrogens is 3. The molecule has 0 atom stereocenters. The van der Waals surface area contributed by atoms with Crippen LogP contribution in [0.3, 0.4) is 0 Å². The first-order chi connectivity index (χ1) is 16.4. The third-order valence-electron chi connectivity index (χ3n) is 4.51. The monoisotopic (exact) mass is 489 g/mol. The standard InChI is InChI=1S/C24H26F3N5O3/c1-13-11-15(12-17(30-13)20(26)27)18-19(14-5-7-16(25)8-6-14)31-22(28)32-21(18)34-10-9-29-23(33)35-24(2,3)4/h5-8,11-12,20H,9-10H2,1-4H3,(H,29,33)(H2,28,31,32). The zero-order valence-corrected chi connectivity index (χ0v) is 19.7. The van der Waals surface area contributed by atoms with E-state index in [1.807, 2.05) is 0 Å². The molecule has 2 aromatic heterocycles. The summed E-state index contributed by atoms with van der Waals surface area (Å²) in [5.41, 5.74) is 6.49. The maximum atomic E-state index is 13.5. The lowest BCUT2D eigenvalue weighted by molar-refractivity contribution is 0.0520. The largest absolute Gasteiger partial charge is 0.475 e. The normalized spacial score (nSPS) is 11.4. The van der Waals surface area contributed by atoms with E-state index in [-0.39, 0.29) is 36.2 Å². The van der Waals surface area contributed by atoms with Crippen LogP contribution in [0.1, 0.15) is 38.6 Å². The van der Waals surface area contributed by atoms with E-state index in [9.17, 15) is 18.0 Å². The summed E-state index contributed by atoms with van der Waals surface area (Å²) in [6.07, 6.45) is -3.43. The second-order valence-corrected chi connectivity index (χ2v) is 8.62. The highest BCUT2D eigenvalue weighted by molar-refractivity contribution is 5.85. The average Bonchev–Trinajstić information content (AvgIpc) is 2.75. The molecule has 0 aliphatic carbocycles. The number of nitrogens with one attached hydrogen (secondary N) is 1. The number of amides is 1. The van der Waals surface area contributed by atoms with Gasteiger partial charge in [0.2, 0.25) is 11.8 Å². The molecular weight excluding hydrogens is 463 g/mol. The molecule has 3 rings (SSSR count). The van der Waals surface area contributed by atoms with Gasteiger partial charge in [0.05, 0.1) is 17.8 Å². The Kier molecular flexibility index (Phi) is 7.78. The van der Waals surface area contributed by atoms with Crippen LogP contribution in [0.25, 0.3) is 22.4 Å². The average molecular weight is 489 g/mol. The number of ether oxygens (including phenoxy) is 2. The molecule has 1 aromatic carbocycles. The summed E-state index contributed by atoms with van der Waals surface area (Å²) in [6.45, 7) is 6.83. The molecule has 3 aromatic rings. The van der Waals surface area contributed by atoms with E-state index >= 15 is 0 Å². The number of halogens is 3. The van der Waals surface area contributed by atoms with Gasteiger partial charge in [-0.1, -0.05) is 0 Å². The number of carbonyl (C=O) groups excluding carboxylic acids is 1. The van der Waals surface area contributed by atoms with E-state index in [0.29, 0.717) is 16.8 Å². The summed E-state index contributed by atoms with van der Waals surface area (Å²) >= 11 is 0. The number of hydrogen-bond donors (Lipinski definition) is 2. The minimum absolute atomic E-state index is 0.00799. The number of aryl methyl sites for hydroxylation is 1. The van der Waals surface area contributed by atoms with E-state index in [2.05, 4.69) is 20.3 Å². The van der Waals surface area contributed by atoms with E-state index < -0.39 is 29.6 Å². The van der Waals surface area contributed by atoms with Gasteiger partial charge in [-0.25, -0.2) is 22.9 Å². The van der Waals surface area contributed by atoms with E-state index in [0.717, 1.165) is 0 Å². The van der Waals surface area contributed by atoms with Crippen molar-refractivity contribution in [1.29, 1.82) is 0 Å². The number of alkyl carbamates (subject to hydrolysis) is 1. The first-order valence-electron chi connectivity index (χ1n) is 10.7. The first kappa shape index (κ1) is 25.7.